The van der Waals surface area contributed by atoms with Crippen molar-refractivity contribution in [3.63, 3.8) is 0 Å². The third kappa shape index (κ3) is 3.94. The van der Waals surface area contributed by atoms with E-state index in [1.54, 1.807) is 55.5 Å². The van der Waals surface area contributed by atoms with Crippen molar-refractivity contribution in [1.82, 2.24) is 10.1 Å². The molecule has 1 atom stereocenters. The van der Waals surface area contributed by atoms with E-state index in [0.717, 1.165) is 5.56 Å². The fraction of sp³-hybridized carbons (Fsp3) is 0.118. The molecule has 2 aromatic carbocycles. The molecule has 0 radical (unpaired) electrons. The van der Waals surface area contributed by atoms with Crippen LogP contribution in [-0.2, 0) is 9.73 Å². The summed E-state index contributed by atoms with van der Waals surface area (Å²) in [6.07, 6.45) is 1.42. The summed E-state index contributed by atoms with van der Waals surface area (Å²) in [5.74, 6) is 0.352. The molecule has 0 aliphatic heterocycles. The van der Waals surface area contributed by atoms with Gasteiger partial charge in [-0.05, 0) is 48.5 Å². The molecule has 0 saturated heterocycles. The molecule has 0 N–H and O–H groups in total. The average molecular weight is 376 g/mol. The van der Waals surface area contributed by atoms with Crippen molar-refractivity contribution in [3.05, 3.63) is 65.0 Å². The van der Waals surface area contributed by atoms with Crippen LogP contribution in [0.4, 0.5) is 0 Å². The number of amides is 1. The summed E-state index contributed by atoms with van der Waals surface area (Å²) >= 11 is 5.80. The lowest BCUT2D eigenvalue weighted by Crippen LogP contribution is -2.04. The van der Waals surface area contributed by atoms with Gasteiger partial charge in [0.05, 0.1) is 9.73 Å². The van der Waals surface area contributed by atoms with Crippen LogP contribution in [0.1, 0.15) is 16.2 Å². The third-order valence-electron chi connectivity index (χ3n) is 3.43. The summed E-state index contributed by atoms with van der Waals surface area (Å²) in [5, 5.41) is 4.34. The smallest absolute Gasteiger partial charge is 0.285 e. The normalized spacial score (nSPS) is 13.2. The maximum atomic E-state index is 12.8. The maximum absolute atomic E-state index is 12.8. The van der Waals surface area contributed by atoms with Crippen LogP contribution in [0.15, 0.2) is 62.3 Å². The van der Waals surface area contributed by atoms with E-state index in [0.29, 0.717) is 27.2 Å². The van der Waals surface area contributed by atoms with E-state index in [4.69, 9.17) is 16.1 Å². The van der Waals surface area contributed by atoms with Gasteiger partial charge in [0.25, 0.3) is 5.91 Å². The molecule has 3 aromatic rings. The standard InChI is InChI=1S/C17H14ClN3O3S/c1-11-19-16(20-24-11)12-5-9-15(10-6-12)25(2,23)21-17(22)13-3-7-14(18)8-4-13/h3-10H,1-2H3. The lowest BCUT2D eigenvalue weighted by atomic mass is 10.2. The van der Waals surface area contributed by atoms with E-state index in [1.807, 2.05) is 0 Å². The summed E-state index contributed by atoms with van der Waals surface area (Å²) in [5.41, 5.74) is 1.05. The highest BCUT2D eigenvalue weighted by atomic mass is 35.5. The van der Waals surface area contributed by atoms with Gasteiger partial charge < -0.3 is 4.52 Å². The Bertz CT molecular complexity index is 1030. The van der Waals surface area contributed by atoms with Gasteiger partial charge in [-0.25, -0.2) is 4.21 Å². The number of hydrogen-bond donors (Lipinski definition) is 0. The molecule has 0 aliphatic rings. The first-order chi connectivity index (χ1) is 11.8. The fourth-order valence-electron chi connectivity index (χ4n) is 2.13. The largest absolute Gasteiger partial charge is 0.339 e. The molecule has 0 spiro atoms. The zero-order valence-electron chi connectivity index (χ0n) is 13.5. The summed E-state index contributed by atoms with van der Waals surface area (Å²) in [7, 11) is -2.88. The van der Waals surface area contributed by atoms with Crippen molar-refractivity contribution in [2.24, 2.45) is 4.36 Å². The van der Waals surface area contributed by atoms with Crippen LogP contribution in [0.25, 0.3) is 11.4 Å². The Labute approximate surface area is 150 Å². The Morgan fingerprint density at radius 2 is 1.76 bits per heavy atom. The van der Waals surface area contributed by atoms with Crippen molar-refractivity contribution in [3.8, 4) is 11.4 Å². The number of aryl methyl sites for hydroxylation is 1. The summed E-state index contributed by atoms with van der Waals surface area (Å²) in [6, 6.07) is 13.0. The number of carbonyl (C=O) groups excluding carboxylic acids is 1. The first-order valence-corrected chi connectivity index (χ1v) is 9.58. The van der Waals surface area contributed by atoms with Gasteiger partial charge in [0.15, 0.2) is 0 Å². The van der Waals surface area contributed by atoms with Gasteiger partial charge >= 0.3 is 0 Å². The molecule has 3 rings (SSSR count). The molecule has 8 heteroatoms. The molecule has 0 fully saturated rings. The van der Waals surface area contributed by atoms with Gasteiger partial charge in [0.1, 0.15) is 0 Å². The SMILES string of the molecule is Cc1nc(-c2ccc(S(C)(=O)=NC(=O)c3ccc(Cl)cc3)cc2)no1. The Hall–Kier alpha value is -2.51. The Balaban J connectivity index is 1.89. The molecule has 128 valence electrons. The molecule has 1 aromatic heterocycles. The number of aromatic nitrogens is 2. The van der Waals surface area contributed by atoms with Crippen LogP contribution in [0.2, 0.25) is 5.02 Å². The summed E-state index contributed by atoms with van der Waals surface area (Å²) in [4.78, 5) is 16.8. The second kappa shape index (κ2) is 6.78. The van der Waals surface area contributed by atoms with Gasteiger partial charge in [-0.3, -0.25) is 4.79 Å². The summed E-state index contributed by atoms with van der Waals surface area (Å²) < 4.78 is 21.6. The van der Waals surface area contributed by atoms with Crippen LogP contribution in [-0.4, -0.2) is 26.5 Å². The zero-order valence-corrected chi connectivity index (χ0v) is 15.0. The quantitative estimate of drug-likeness (QED) is 0.690. The van der Waals surface area contributed by atoms with Crippen LogP contribution in [0, 0.1) is 6.92 Å². The van der Waals surface area contributed by atoms with E-state index < -0.39 is 15.6 Å². The highest BCUT2D eigenvalue weighted by Gasteiger charge is 2.13. The van der Waals surface area contributed by atoms with E-state index in [2.05, 4.69) is 14.5 Å². The highest BCUT2D eigenvalue weighted by molar-refractivity contribution is 7.93. The van der Waals surface area contributed by atoms with E-state index in [1.165, 1.54) is 6.26 Å². The highest BCUT2D eigenvalue weighted by Crippen LogP contribution is 2.20. The molecule has 1 unspecified atom stereocenters. The molecular formula is C17H14ClN3O3S. The minimum absolute atomic E-state index is 0.331. The average Bonchev–Trinajstić information content (AvgIpc) is 3.01. The predicted molar refractivity (Wildman–Crippen MR) is 95.0 cm³/mol. The van der Waals surface area contributed by atoms with E-state index in [9.17, 15) is 9.00 Å². The van der Waals surface area contributed by atoms with Crippen molar-refractivity contribution >= 4 is 27.2 Å². The first kappa shape index (κ1) is 17.3. The molecule has 1 amide bonds. The number of rotatable bonds is 3. The number of halogens is 1. The van der Waals surface area contributed by atoms with Crippen LogP contribution in [0.3, 0.4) is 0 Å². The van der Waals surface area contributed by atoms with Gasteiger partial charge in [0, 0.05) is 34.2 Å². The zero-order chi connectivity index (χ0) is 18.0. The summed E-state index contributed by atoms with van der Waals surface area (Å²) in [6.45, 7) is 1.70. The molecular weight excluding hydrogens is 362 g/mol. The number of nitrogens with zero attached hydrogens (tertiary/aromatic N) is 3. The molecule has 1 heterocycles. The van der Waals surface area contributed by atoms with Gasteiger partial charge in [0.2, 0.25) is 11.7 Å². The van der Waals surface area contributed by atoms with Crippen molar-refractivity contribution in [1.29, 1.82) is 0 Å². The molecule has 0 aliphatic carbocycles. The monoisotopic (exact) mass is 375 g/mol. The first-order valence-electron chi connectivity index (χ1n) is 7.28. The number of carbonyl (C=O) groups is 1. The molecule has 0 saturated carbocycles. The topological polar surface area (TPSA) is 85.4 Å². The van der Waals surface area contributed by atoms with Crippen molar-refractivity contribution < 1.29 is 13.5 Å². The molecule has 6 nitrogen and oxygen atoms in total. The Morgan fingerprint density at radius 3 is 2.32 bits per heavy atom. The van der Waals surface area contributed by atoms with Gasteiger partial charge in [-0.2, -0.15) is 9.35 Å². The lowest BCUT2D eigenvalue weighted by Gasteiger charge is -2.05. The predicted octanol–water partition coefficient (Wildman–Crippen LogP) is 4.00. The van der Waals surface area contributed by atoms with Crippen molar-refractivity contribution in [2.45, 2.75) is 11.8 Å². The van der Waals surface area contributed by atoms with E-state index in [-0.39, 0.29) is 0 Å². The van der Waals surface area contributed by atoms with Crippen LogP contribution >= 0.6 is 11.6 Å². The molecule has 0 bridgehead atoms. The van der Waals surface area contributed by atoms with Gasteiger partial charge in [-0.1, -0.05) is 16.8 Å². The molecule has 25 heavy (non-hydrogen) atoms. The second-order valence-electron chi connectivity index (χ2n) is 5.37. The fourth-order valence-corrected chi connectivity index (χ4v) is 3.42. The second-order valence-corrected chi connectivity index (χ2v) is 8.06. The van der Waals surface area contributed by atoms with E-state index >= 15 is 0 Å². The number of hydrogen-bond acceptors (Lipinski definition) is 5. The maximum Gasteiger partial charge on any atom is 0.285 e. The van der Waals surface area contributed by atoms with Crippen LogP contribution < -0.4 is 0 Å². The Kier molecular flexibility index (Phi) is 4.69. The van der Waals surface area contributed by atoms with Crippen LogP contribution in [0.5, 0.6) is 0 Å². The minimum Gasteiger partial charge on any atom is -0.339 e. The van der Waals surface area contributed by atoms with Gasteiger partial charge in [-0.15, -0.1) is 0 Å². The minimum atomic E-state index is -2.88. The Morgan fingerprint density at radius 1 is 1.12 bits per heavy atom. The third-order valence-corrected chi connectivity index (χ3v) is 5.34. The number of benzene rings is 2. The van der Waals surface area contributed by atoms with Crippen molar-refractivity contribution in [2.75, 3.05) is 6.26 Å². The lowest BCUT2D eigenvalue weighted by molar-refractivity contribution is 0.100.